The Morgan fingerprint density at radius 3 is 2.55 bits per heavy atom. The molecule has 0 atom stereocenters. The summed E-state index contributed by atoms with van der Waals surface area (Å²) in [6, 6.07) is 8.05. The van der Waals surface area contributed by atoms with Crippen LogP contribution in [-0.4, -0.2) is 56.7 Å². The summed E-state index contributed by atoms with van der Waals surface area (Å²) in [4.78, 5) is 16.8. The number of rotatable bonds is 4. The van der Waals surface area contributed by atoms with Crippen molar-refractivity contribution in [3.05, 3.63) is 24.3 Å². The van der Waals surface area contributed by atoms with Crippen LogP contribution in [0.3, 0.4) is 0 Å². The SMILES string of the molecule is O=C(CN1CCCCC1)Nc1ccccc1N1CCOCC1. The zero-order valence-corrected chi connectivity index (χ0v) is 13.1. The summed E-state index contributed by atoms with van der Waals surface area (Å²) in [6.07, 6.45) is 3.70. The highest BCUT2D eigenvalue weighted by Gasteiger charge is 2.17. The van der Waals surface area contributed by atoms with Gasteiger partial charge in [-0.15, -0.1) is 0 Å². The zero-order valence-electron chi connectivity index (χ0n) is 13.1. The second-order valence-electron chi connectivity index (χ2n) is 6.00. The van der Waals surface area contributed by atoms with Crippen molar-refractivity contribution in [2.24, 2.45) is 0 Å². The van der Waals surface area contributed by atoms with Crippen LogP contribution in [-0.2, 0) is 9.53 Å². The standard InChI is InChI=1S/C17H25N3O2/c21-17(14-19-8-4-1-5-9-19)18-15-6-2-3-7-16(15)20-10-12-22-13-11-20/h2-3,6-7H,1,4-5,8-14H2,(H,18,21). The number of carbonyl (C=O) groups excluding carboxylic acids is 1. The van der Waals surface area contributed by atoms with Crippen molar-refractivity contribution in [3.8, 4) is 0 Å². The van der Waals surface area contributed by atoms with Gasteiger partial charge in [-0.05, 0) is 38.1 Å². The topological polar surface area (TPSA) is 44.8 Å². The molecular weight excluding hydrogens is 278 g/mol. The first kappa shape index (κ1) is 15.3. The first-order chi connectivity index (χ1) is 10.8. The second kappa shape index (κ2) is 7.61. The van der Waals surface area contributed by atoms with Crippen molar-refractivity contribution in [2.45, 2.75) is 19.3 Å². The summed E-state index contributed by atoms with van der Waals surface area (Å²) in [5, 5.41) is 3.09. The number of benzene rings is 1. The summed E-state index contributed by atoms with van der Waals surface area (Å²) in [5.41, 5.74) is 2.00. The molecule has 0 radical (unpaired) electrons. The van der Waals surface area contributed by atoms with E-state index in [0.717, 1.165) is 50.8 Å². The molecule has 3 rings (SSSR count). The zero-order chi connectivity index (χ0) is 15.2. The molecule has 2 fully saturated rings. The van der Waals surface area contributed by atoms with E-state index in [9.17, 15) is 4.79 Å². The number of likely N-dealkylation sites (tertiary alicyclic amines) is 1. The lowest BCUT2D eigenvalue weighted by molar-refractivity contribution is -0.117. The fourth-order valence-corrected chi connectivity index (χ4v) is 3.17. The van der Waals surface area contributed by atoms with E-state index in [1.165, 1.54) is 19.3 Å². The van der Waals surface area contributed by atoms with Crippen molar-refractivity contribution >= 4 is 17.3 Å². The molecule has 0 aromatic heterocycles. The normalized spacial score (nSPS) is 19.9. The number of nitrogens with zero attached hydrogens (tertiary/aromatic N) is 2. The lowest BCUT2D eigenvalue weighted by Gasteiger charge is -2.31. The maximum absolute atomic E-state index is 12.3. The van der Waals surface area contributed by atoms with Crippen molar-refractivity contribution in [1.82, 2.24) is 4.90 Å². The van der Waals surface area contributed by atoms with E-state index in [2.05, 4.69) is 21.2 Å². The number of nitrogens with one attached hydrogen (secondary N) is 1. The number of piperidine rings is 1. The lowest BCUT2D eigenvalue weighted by atomic mass is 10.1. The Morgan fingerprint density at radius 2 is 1.77 bits per heavy atom. The second-order valence-corrected chi connectivity index (χ2v) is 6.00. The Bertz CT molecular complexity index is 494. The molecule has 0 spiro atoms. The molecule has 0 bridgehead atoms. The van der Waals surface area contributed by atoms with E-state index in [1.807, 2.05) is 18.2 Å². The summed E-state index contributed by atoms with van der Waals surface area (Å²) in [6.45, 7) is 5.82. The van der Waals surface area contributed by atoms with Crippen LogP contribution in [0.4, 0.5) is 11.4 Å². The van der Waals surface area contributed by atoms with E-state index in [4.69, 9.17) is 4.74 Å². The van der Waals surface area contributed by atoms with Crippen molar-refractivity contribution in [2.75, 3.05) is 56.2 Å². The van der Waals surface area contributed by atoms with Crippen LogP contribution in [0.15, 0.2) is 24.3 Å². The fraction of sp³-hybridized carbons (Fsp3) is 0.588. The number of anilines is 2. The summed E-state index contributed by atoms with van der Waals surface area (Å²) in [5.74, 6) is 0.0857. The molecule has 120 valence electrons. The number of carbonyl (C=O) groups is 1. The van der Waals surface area contributed by atoms with Crippen molar-refractivity contribution < 1.29 is 9.53 Å². The van der Waals surface area contributed by atoms with Crippen LogP contribution < -0.4 is 10.2 Å². The third kappa shape index (κ3) is 3.99. The predicted octanol–water partition coefficient (Wildman–Crippen LogP) is 1.95. The Balaban J connectivity index is 1.62. The van der Waals surface area contributed by atoms with Gasteiger partial charge in [0.25, 0.3) is 0 Å². The number of para-hydroxylation sites is 2. The molecule has 2 saturated heterocycles. The average Bonchev–Trinajstić information content (AvgIpc) is 2.57. The van der Waals surface area contributed by atoms with Crippen LogP contribution >= 0.6 is 0 Å². The maximum Gasteiger partial charge on any atom is 0.238 e. The van der Waals surface area contributed by atoms with Crippen LogP contribution in [0.5, 0.6) is 0 Å². The van der Waals surface area contributed by atoms with E-state index in [1.54, 1.807) is 0 Å². The van der Waals surface area contributed by atoms with Gasteiger partial charge in [0.05, 0.1) is 31.1 Å². The van der Waals surface area contributed by atoms with E-state index in [0.29, 0.717) is 6.54 Å². The minimum Gasteiger partial charge on any atom is -0.378 e. The van der Waals surface area contributed by atoms with Crippen LogP contribution in [0.1, 0.15) is 19.3 Å². The smallest absolute Gasteiger partial charge is 0.238 e. The Kier molecular flexibility index (Phi) is 5.29. The highest BCUT2D eigenvalue weighted by molar-refractivity contribution is 5.95. The molecule has 1 N–H and O–H groups in total. The third-order valence-corrected chi connectivity index (χ3v) is 4.35. The molecule has 1 aromatic rings. The average molecular weight is 303 g/mol. The number of amides is 1. The summed E-state index contributed by atoms with van der Waals surface area (Å²) in [7, 11) is 0. The minimum absolute atomic E-state index is 0.0857. The first-order valence-corrected chi connectivity index (χ1v) is 8.27. The van der Waals surface area contributed by atoms with Gasteiger partial charge in [-0.1, -0.05) is 18.6 Å². The number of hydrogen-bond donors (Lipinski definition) is 1. The maximum atomic E-state index is 12.3. The number of hydrogen-bond acceptors (Lipinski definition) is 4. The molecule has 1 amide bonds. The van der Waals surface area contributed by atoms with Gasteiger partial charge >= 0.3 is 0 Å². The molecule has 2 aliphatic rings. The first-order valence-electron chi connectivity index (χ1n) is 8.27. The van der Waals surface area contributed by atoms with Crippen molar-refractivity contribution in [3.63, 3.8) is 0 Å². The van der Waals surface area contributed by atoms with Gasteiger partial charge < -0.3 is 15.0 Å². The monoisotopic (exact) mass is 303 g/mol. The molecule has 0 aliphatic carbocycles. The fourth-order valence-electron chi connectivity index (χ4n) is 3.17. The Hall–Kier alpha value is -1.59. The molecule has 5 heteroatoms. The summed E-state index contributed by atoms with van der Waals surface area (Å²) >= 11 is 0. The highest BCUT2D eigenvalue weighted by atomic mass is 16.5. The van der Waals surface area contributed by atoms with Gasteiger partial charge in [0.1, 0.15) is 0 Å². The quantitative estimate of drug-likeness (QED) is 0.923. The van der Waals surface area contributed by atoms with E-state index in [-0.39, 0.29) is 5.91 Å². The van der Waals surface area contributed by atoms with Gasteiger partial charge in [-0.3, -0.25) is 9.69 Å². The molecule has 2 heterocycles. The van der Waals surface area contributed by atoms with Crippen molar-refractivity contribution in [1.29, 1.82) is 0 Å². The molecule has 0 unspecified atom stereocenters. The van der Waals surface area contributed by atoms with Gasteiger partial charge in [0, 0.05) is 13.1 Å². The molecular formula is C17H25N3O2. The van der Waals surface area contributed by atoms with Crippen LogP contribution in [0.25, 0.3) is 0 Å². The molecule has 5 nitrogen and oxygen atoms in total. The summed E-state index contributed by atoms with van der Waals surface area (Å²) < 4.78 is 5.41. The number of ether oxygens (including phenoxy) is 1. The highest BCUT2D eigenvalue weighted by Crippen LogP contribution is 2.26. The Morgan fingerprint density at radius 1 is 1.05 bits per heavy atom. The number of morpholine rings is 1. The van der Waals surface area contributed by atoms with Crippen LogP contribution in [0.2, 0.25) is 0 Å². The van der Waals surface area contributed by atoms with E-state index >= 15 is 0 Å². The van der Waals surface area contributed by atoms with Gasteiger partial charge in [0.15, 0.2) is 0 Å². The third-order valence-electron chi connectivity index (χ3n) is 4.35. The molecule has 2 aliphatic heterocycles. The molecule has 0 saturated carbocycles. The lowest BCUT2D eigenvalue weighted by Crippen LogP contribution is -2.38. The largest absolute Gasteiger partial charge is 0.378 e. The van der Waals surface area contributed by atoms with Gasteiger partial charge in [-0.25, -0.2) is 0 Å². The van der Waals surface area contributed by atoms with Gasteiger partial charge in [-0.2, -0.15) is 0 Å². The minimum atomic E-state index is 0.0857. The Labute approximate surface area is 132 Å². The van der Waals surface area contributed by atoms with Crippen LogP contribution in [0, 0.1) is 0 Å². The molecule has 22 heavy (non-hydrogen) atoms. The van der Waals surface area contributed by atoms with E-state index < -0.39 is 0 Å². The molecule has 1 aromatic carbocycles. The van der Waals surface area contributed by atoms with Gasteiger partial charge in [0.2, 0.25) is 5.91 Å². The predicted molar refractivity (Wildman–Crippen MR) is 88.4 cm³/mol.